The van der Waals surface area contributed by atoms with Crippen molar-refractivity contribution in [1.82, 2.24) is 4.98 Å². The summed E-state index contributed by atoms with van der Waals surface area (Å²) in [5, 5.41) is 0. The lowest BCUT2D eigenvalue weighted by Gasteiger charge is -1.87. The lowest BCUT2D eigenvalue weighted by molar-refractivity contribution is -0.112. The highest BCUT2D eigenvalue weighted by Gasteiger charge is 1.91. The Balaban J connectivity index is 2.92. The Hall–Kier alpha value is -1.89. The third-order valence-electron chi connectivity index (χ3n) is 1.03. The number of pyridine rings is 1. The Bertz CT molecular complexity index is 365. The molecule has 0 unspecified atom stereocenters. The maximum atomic E-state index is 12.4. The molecule has 1 aromatic heterocycles. The Morgan fingerprint density at radius 2 is 2.33 bits per heavy atom. The number of rotatable bonds is 0. The van der Waals surface area contributed by atoms with E-state index in [0.29, 0.717) is 0 Å². The van der Waals surface area contributed by atoms with Crippen molar-refractivity contribution in [2.45, 2.75) is 0 Å². The lowest BCUT2D eigenvalue weighted by Crippen LogP contribution is -2.06. The Kier molecular flexibility index (Phi) is 2.38. The zero-order chi connectivity index (χ0) is 8.97. The number of hydrogen-bond acceptors (Lipinski definition) is 2. The summed E-state index contributed by atoms with van der Waals surface area (Å²) in [6, 6.07) is 4.13. The van der Waals surface area contributed by atoms with Gasteiger partial charge in [0.15, 0.2) is 0 Å². The van der Waals surface area contributed by atoms with Crippen molar-refractivity contribution in [3.05, 3.63) is 29.8 Å². The normalized spacial score (nSPS) is 8.42. The van der Waals surface area contributed by atoms with Crippen LogP contribution >= 0.6 is 0 Å². The van der Waals surface area contributed by atoms with Crippen molar-refractivity contribution in [1.29, 1.82) is 0 Å². The molecular weight excluding hydrogens is 159 g/mol. The molecule has 3 nitrogen and oxygen atoms in total. The van der Waals surface area contributed by atoms with E-state index in [9.17, 15) is 9.18 Å². The second-order valence-corrected chi connectivity index (χ2v) is 1.96. The first kappa shape index (κ1) is 8.21. The Morgan fingerprint density at radius 1 is 1.58 bits per heavy atom. The minimum absolute atomic E-state index is 0.189. The van der Waals surface area contributed by atoms with Crippen molar-refractivity contribution < 1.29 is 9.18 Å². The minimum atomic E-state index is -0.763. The second kappa shape index (κ2) is 3.49. The smallest absolute Gasteiger partial charge is 0.293 e. The highest BCUT2D eigenvalue weighted by molar-refractivity contribution is 5.92. The molecule has 1 heterocycles. The highest BCUT2D eigenvalue weighted by atomic mass is 19.1. The van der Waals surface area contributed by atoms with Crippen molar-refractivity contribution in [2.75, 3.05) is 0 Å². The van der Waals surface area contributed by atoms with E-state index in [1.165, 1.54) is 18.2 Å². The molecule has 0 bridgehead atoms. The van der Waals surface area contributed by atoms with Gasteiger partial charge in [-0.2, -0.15) is 4.39 Å². The van der Waals surface area contributed by atoms with E-state index in [1.54, 1.807) is 0 Å². The van der Waals surface area contributed by atoms with E-state index in [0.717, 1.165) is 0 Å². The van der Waals surface area contributed by atoms with Gasteiger partial charge in [-0.25, -0.2) is 4.98 Å². The lowest BCUT2D eigenvalue weighted by atomic mass is 10.3. The summed E-state index contributed by atoms with van der Waals surface area (Å²) in [5.41, 5.74) is 4.93. The summed E-state index contributed by atoms with van der Waals surface area (Å²) in [4.78, 5) is 13.6. The largest absolute Gasteiger partial charge is 0.359 e. The monoisotopic (exact) mass is 164 g/mol. The molecule has 0 saturated carbocycles. The molecule has 0 aliphatic heterocycles. The van der Waals surface area contributed by atoms with Gasteiger partial charge in [-0.3, -0.25) is 4.79 Å². The average molecular weight is 164 g/mol. The average Bonchev–Trinajstić information content (AvgIpc) is 2.01. The molecule has 0 aliphatic carbocycles. The predicted molar refractivity (Wildman–Crippen MR) is 40.3 cm³/mol. The van der Waals surface area contributed by atoms with Gasteiger partial charge in [-0.05, 0) is 18.1 Å². The van der Waals surface area contributed by atoms with Crippen LogP contribution in [0.4, 0.5) is 4.39 Å². The molecule has 1 rings (SSSR count). The molecule has 0 atom stereocenters. The van der Waals surface area contributed by atoms with Crippen LogP contribution in [0.2, 0.25) is 0 Å². The molecule has 60 valence electrons. The molecule has 0 aromatic carbocycles. The summed E-state index contributed by atoms with van der Waals surface area (Å²) in [7, 11) is 0. The first-order valence-corrected chi connectivity index (χ1v) is 3.12. The number of nitrogens with two attached hydrogens (primary N) is 1. The number of aromatic nitrogens is 1. The van der Waals surface area contributed by atoms with Crippen molar-refractivity contribution >= 4 is 5.91 Å². The fourth-order valence-electron chi connectivity index (χ4n) is 0.604. The maximum absolute atomic E-state index is 12.4. The molecule has 0 spiro atoms. The molecule has 2 N–H and O–H groups in total. The van der Waals surface area contributed by atoms with Gasteiger partial charge in [-0.15, -0.1) is 0 Å². The number of hydrogen-bond donors (Lipinski definition) is 1. The highest BCUT2D eigenvalue weighted by Crippen LogP contribution is 1.94. The van der Waals surface area contributed by atoms with Crippen LogP contribution in [0.3, 0.4) is 0 Å². The Labute approximate surface area is 68.4 Å². The molecule has 12 heavy (non-hydrogen) atoms. The van der Waals surface area contributed by atoms with Gasteiger partial charge in [0.05, 0.1) is 0 Å². The van der Waals surface area contributed by atoms with Crippen LogP contribution in [0, 0.1) is 17.8 Å². The minimum Gasteiger partial charge on any atom is -0.359 e. The van der Waals surface area contributed by atoms with Crippen LogP contribution < -0.4 is 5.73 Å². The quantitative estimate of drug-likeness (QED) is 0.435. The van der Waals surface area contributed by atoms with E-state index < -0.39 is 11.9 Å². The van der Waals surface area contributed by atoms with Gasteiger partial charge in [0.2, 0.25) is 5.95 Å². The number of amides is 1. The Morgan fingerprint density at radius 3 is 2.92 bits per heavy atom. The van der Waals surface area contributed by atoms with Crippen LogP contribution in [-0.4, -0.2) is 10.9 Å². The standard InChI is InChI=1S/C8H5FN2O/c9-7-3-1-2-6(11-7)4-5-8(10)12/h1-3H,(H2,10,12). The zero-order valence-electron chi connectivity index (χ0n) is 6.04. The van der Waals surface area contributed by atoms with Gasteiger partial charge in [0, 0.05) is 5.92 Å². The number of carbonyl (C=O) groups is 1. The summed E-state index contributed by atoms with van der Waals surface area (Å²) in [6.45, 7) is 0. The molecule has 0 saturated heterocycles. The summed E-state index contributed by atoms with van der Waals surface area (Å²) in [5.74, 6) is 2.96. The summed E-state index contributed by atoms with van der Waals surface area (Å²) < 4.78 is 12.4. The molecule has 0 aliphatic rings. The van der Waals surface area contributed by atoms with E-state index in [4.69, 9.17) is 5.73 Å². The fourth-order valence-corrected chi connectivity index (χ4v) is 0.604. The fraction of sp³-hybridized carbons (Fsp3) is 0. The second-order valence-electron chi connectivity index (χ2n) is 1.96. The van der Waals surface area contributed by atoms with Crippen molar-refractivity contribution in [2.24, 2.45) is 5.73 Å². The first-order chi connectivity index (χ1) is 5.68. The maximum Gasteiger partial charge on any atom is 0.293 e. The molecular formula is C8H5FN2O. The van der Waals surface area contributed by atoms with E-state index >= 15 is 0 Å². The van der Waals surface area contributed by atoms with Crippen LogP contribution in [0.15, 0.2) is 18.2 Å². The van der Waals surface area contributed by atoms with E-state index in [1.807, 2.05) is 5.92 Å². The van der Waals surface area contributed by atoms with Gasteiger partial charge in [-0.1, -0.05) is 6.07 Å². The summed E-state index contributed by atoms with van der Waals surface area (Å²) in [6.07, 6.45) is 0. The van der Waals surface area contributed by atoms with Crippen molar-refractivity contribution in [3.63, 3.8) is 0 Å². The topological polar surface area (TPSA) is 56.0 Å². The zero-order valence-corrected chi connectivity index (χ0v) is 6.04. The molecule has 1 amide bonds. The number of halogens is 1. The van der Waals surface area contributed by atoms with Crippen LogP contribution in [0.25, 0.3) is 0 Å². The third-order valence-corrected chi connectivity index (χ3v) is 1.03. The molecule has 1 aromatic rings. The predicted octanol–water partition coefficient (Wildman–Crippen LogP) is 0.0575. The molecule has 0 fully saturated rings. The van der Waals surface area contributed by atoms with Crippen LogP contribution in [-0.2, 0) is 4.79 Å². The number of carbonyl (C=O) groups excluding carboxylic acids is 1. The van der Waals surface area contributed by atoms with E-state index in [-0.39, 0.29) is 5.69 Å². The number of primary amides is 1. The van der Waals surface area contributed by atoms with Gasteiger partial charge in [0.25, 0.3) is 5.91 Å². The third kappa shape index (κ3) is 2.39. The number of nitrogens with zero attached hydrogens (tertiary/aromatic N) is 1. The van der Waals surface area contributed by atoms with Gasteiger partial charge >= 0.3 is 0 Å². The van der Waals surface area contributed by atoms with Crippen LogP contribution in [0.5, 0.6) is 0 Å². The van der Waals surface area contributed by atoms with Gasteiger partial charge in [0.1, 0.15) is 5.69 Å². The molecule has 4 heteroatoms. The first-order valence-electron chi connectivity index (χ1n) is 3.12. The van der Waals surface area contributed by atoms with Gasteiger partial charge < -0.3 is 5.73 Å². The summed E-state index contributed by atoms with van der Waals surface area (Å²) >= 11 is 0. The van der Waals surface area contributed by atoms with Crippen LogP contribution in [0.1, 0.15) is 5.69 Å². The molecule has 0 radical (unpaired) electrons. The van der Waals surface area contributed by atoms with Crippen molar-refractivity contribution in [3.8, 4) is 11.8 Å². The SMILES string of the molecule is NC(=O)C#Cc1cccc(F)n1. The van der Waals surface area contributed by atoms with E-state index in [2.05, 4.69) is 10.9 Å².